The number of hydrogen-bond donors (Lipinski definition) is 1. The van der Waals surface area contributed by atoms with E-state index >= 15 is 0 Å². The number of hydrogen-bond acceptors (Lipinski definition) is 4. The molecule has 1 amide bonds. The van der Waals surface area contributed by atoms with Gasteiger partial charge in [-0.2, -0.15) is 0 Å². The van der Waals surface area contributed by atoms with Crippen LogP contribution >= 0.6 is 0 Å². The molecule has 0 aliphatic carbocycles. The number of carbonyl (C=O) groups excluding carboxylic acids is 1. The van der Waals surface area contributed by atoms with Crippen molar-refractivity contribution in [2.75, 3.05) is 32.1 Å². The molecule has 0 radical (unpaired) electrons. The Balaban J connectivity index is 1.59. The summed E-state index contributed by atoms with van der Waals surface area (Å²) in [7, 11) is -0.534. The van der Waals surface area contributed by atoms with Crippen LogP contribution in [0.4, 0.5) is 5.69 Å². The first-order chi connectivity index (χ1) is 12.9. The van der Waals surface area contributed by atoms with Crippen LogP contribution < -0.4 is 10.2 Å². The fourth-order valence-electron chi connectivity index (χ4n) is 3.07. The molecule has 1 aliphatic heterocycles. The van der Waals surface area contributed by atoms with Gasteiger partial charge in [0.1, 0.15) is 0 Å². The number of carbonyl (C=O) groups is 1. The average Bonchev–Trinajstić information content (AvgIpc) is 3.21. The van der Waals surface area contributed by atoms with Gasteiger partial charge in [0, 0.05) is 45.0 Å². The van der Waals surface area contributed by atoms with E-state index < -0.39 is 10.0 Å². The van der Waals surface area contributed by atoms with Gasteiger partial charge in [-0.1, -0.05) is 12.1 Å². The first-order valence-electron chi connectivity index (χ1n) is 9.02. The van der Waals surface area contributed by atoms with Gasteiger partial charge in [-0.3, -0.25) is 4.79 Å². The Kier molecular flexibility index (Phi) is 5.82. The third-order valence-corrected chi connectivity index (χ3v) is 6.59. The van der Waals surface area contributed by atoms with Gasteiger partial charge in [-0.25, -0.2) is 12.7 Å². The molecule has 0 aromatic heterocycles. The molecule has 144 valence electrons. The highest BCUT2D eigenvalue weighted by Crippen LogP contribution is 2.20. The summed E-state index contributed by atoms with van der Waals surface area (Å²) in [4.78, 5) is 14.8. The predicted octanol–water partition coefficient (Wildman–Crippen LogP) is 2.47. The Hall–Kier alpha value is -2.38. The van der Waals surface area contributed by atoms with E-state index in [9.17, 15) is 13.2 Å². The molecule has 1 aliphatic rings. The maximum absolute atomic E-state index is 12.3. The van der Waals surface area contributed by atoms with Crippen molar-refractivity contribution in [3.05, 3.63) is 59.7 Å². The van der Waals surface area contributed by atoms with E-state index in [1.54, 1.807) is 0 Å². The standard InChI is InChI=1S/C20H25N3O3S/c1-22(2)27(25,26)19-11-7-17(8-12-19)20(24)21-15-16-5-9-18(10-6-16)23-13-3-4-14-23/h5-12H,3-4,13-15H2,1-2H3,(H,21,24). The fourth-order valence-corrected chi connectivity index (χ4v) is 3.98. The number of rotatable bonds is 6. The van der Waals surface area contributed by atoms with Crippen LogP contribution in [0.3, 0.4) is 0 Å². The van der Waals surface area contributed by atoms with Gasteiger partial charge in [-0.15, -0.1) is 0 Å². The lowest BCUT2D eigenvalue weighted by Gasteiger charge is -2.17. The molecule has 0 bridgehead atoms. The monoisotopic (exact) mass is 387 g/mol. The molecule has 1 heterocycles. The minimum absolute atomic E-state index is 0.168. The molecule has 7 heteroatoms. The van der Waals surface area contributed by atoms with Crippen LogP contribution in [-0.2, 0) is 16.6 Å². The largest absolute Gasteiger partial charge is 0.372 e. The van der Waals surface area contributed by atoms with E-state index in [-0.39, 0.29) is 10.8 Å². The highest BCUT2D eigenvalue weighted by molar-refractivity contribution is 7.89. The number of benzene rings is 2. The molecule has 6 nitrogen and oxygen atoms in total. The Morgan fingerprint density at radius 1 is 1.00 bits per heavy atom. The Morgan fingerprint density at radius 2 is 1.59 bits per heavy atom. The lowest BCUT2D eigenvalue weighted by atomic mass is 10.1. The Morgan fingerprint density at radius 3 is 2.15 bits per heavy atom. The smallest absolute Gasteiger partial charge is 0.251 e. The molecule has 0 spiro atoms. The van der Waals surface area contributed by atoms with Crippen LogP contribution in [0.25, 0.3) is 0 Å². The van der Waals surface area contributed by atoms with Crippen LogP contribution in [0.2, 0.25) is 0 Å². The summed E-state index contributed by atoms with van der Waals surface area (Å²) < 4.78 is 25.3. The van der Waals surface area contributed by atoms with Gasteiger partial charge >= 0.3 is 0 Å². The second-order valence-corrected chi connectivity index (χ2v) is 9.01. The van der Waals surface area contributed by atoms with Crippen LogP contribution in [0.1, 0.15) is 28.8 Å². The third-order valence-electron chi connectivity index (χ3n) is 4.76. The summed E-state index contributed by atoms with van der Waals surface area (Å²) in [6.45, 7) is 2.64. The van der Waals surface area contributed by atoms with Crippen LogP contribution in [0, 0.1) is 0 Å². The van der Waals surface area contributed by atoms with Gasteiger partial charge in [0.2, 0.25) is 10.0 Å². The predicted molar refractivity (Wildman–Crippen MR) is 106 cm³/mol. The van der Waals surface area contributed by atoms with E-state index in [4.69, 9.17) is 0 Å². The zero-order chi connectivity index (χ0) is 19.4. The molecule has 27 heavy (non-hydrogen) atoms. The summed E-state index contributed by atoms with van der Waals surface area (Å²) in [5.41, 5.74) is 2.68. The molecule has 3 rings (SSSR count). The lowest BCUT2D eigenvalue weighted by Crippen LogP contribution is -2.24. The molecule has 1 fully saturated rings. The van der Waals surface area contributed by atoms with Gasteiger partial charge < -0.3 is 10.2 Å². The van der Waals surface area contributed by atoms with Crippen molar-refractivity contribution in [3.8, 4) is 0 Å². The van der Waals surface area contributed by atoms with Crippen molar-refractivity contribution in [3.63, 3.8) is 0 Å². The molecule has 0 atom stereocenters. The molecular formula is C20H25N3O3S. The SMILES string of the molecule is CN(C)S(=O)(=O)c1ccc(C(=O)NCc2ccc(N3CCCC3)cc2)cc1. The lowest BCUT2D eigenvalue weighted by molar-refractivity contribution is 0.0951. The first kappa shape index (κ1) is 19.4. The summed E-state index contributed by atoms with van der Waals surface area (Å²) in [6, 6.07) is 14.2. The van der Waals surface area contributed by atoms with Crippen molar-refractivity contribution in [1.29, 1.82) is 0 Å². The molecule has 2 aromatic carbocycles. The van der Waals surface area contributed by atoms with E-state index in [1.165, 1.54) is 56.9 Å². The second kappa shape index (κ2) is 8.10. The normalized spacial score (nSPS) is 14.6. The number of nitrogens with one attached hydrogen (secondary N) is 1. The molecule has 1 saturated heterocycles. The Labute approximate surface area is 160 Å². The molecule has 0 saturated carbocycles. The van der Waals surface area contributed by atoms with Crippen molar-refractivity contribution >= 4 is 21.6 Å². The number of sulfonamides is 1. The maximum atomic E-state index is 12.3. The zero-order valence-corrected chi connectivity index (χ0v) is 16.5. The van der Waals surface area contributed by atoms with E-state index in [2.05, 4.69) is 22.3 Å². The number of nitrogens with zero attached hydrogens (tertiary/aromatic N) is 2. The highest BCUT2D eigenvalue weighted by atomic mass is 32.2. The molecule has 1 N–H and O–H groups in total. The maximum Gasteiger partial charge on any atom is 0.251 e. The Bertz CT molecular complexity index is 885. The van der Waals surface area contributed by atoms with Crippen molar-refractivity contribution in [2.24, 2.45) is 0 Å². The highest BCUT2D eigenvalue weighted by Gasteiger charge is 2.17. The summed E-state index contributed by atoms with van der Waals surface area (Å²) in [5, 5.41) is 2.87. The first-order valence-corrected chi connectivity index (χ1v) is 10.5. The quantitative estimate of drug-likeness (QED) is 0.827. The summed E-state index contributed by atoms with van der Waals surface area (Å²) >= 11 is 0. The van der Waals surface area contributed by atoms with E-state index in [0.29, 0.717) is 12.1 Å². The van der Waals surface area contributed by atoms with Crippen molar-refractivity contribution in [2.45, 2.75) is 24.3 Å². The minimum Gasteiger partial charge on any atom is -0.372 e. The zero-order valence-electron chi connectivity index (χ0n) is 15.7. The van der Waals surface area contributed by atoms with E-state index in [1.807, 2.05) is 12.1 Å². The number of amides is 1. The second-order valence-electron chi connectivity index (χ2n) is 6.86. The van der Waals surface area contributed by atoms with Gasteiger partial charge in [-0.05, 0) is 54.8 Å². The molecule has 0 unspecified atom stereocenters. The van der Waals surface area contributed by atoms with Gasteiger partial charge in [0.15, 0.2) is 0 Å². The van der Waals surface area contributed by atoms with Crippen molar-refractivity contribution < 1.29 is 13.2 Å². The fraction of sp³-hybridized carbons (Fsp3) is 0.350. The molecular weight excluding hydrogens is 362 g/mol. The average molecular weight is 388 g/mol. The van der Waals surface area contributed by atoms with Crippen LogP contribution in [0.5, 0.6) is 0 Å². The minimum atomic E-state index is -3.49. The molecule has 2 aromatic rings. The van der Waals surface area contributed by atoms with Crippen LogP contribution in [-0.4, -0.2) is 45.8 Å². The summed E-state index contributed by atoms with van der Waals surface area (Å²) in [5.74, 6) is -0.229. The topological polar surface area (TPSA) is 69.7 Å². The van der Waals surface area contributed by atoms with Gasteiger partial charge in [0.25, 0.3) is 5.91 Å². The van der Waals surface area contributed by atoms with E-state index in [0.717, 1.165) is 23.0 Å². The van der Waals surface area contributed by atoms with Gasteiger partial charge in [0.05, 0.1) is 4.90 Å². The third kappa shape index (κ3) is 4.48. The van der Waals surface area contributed by atoms with Crippen LogP contribution in [0.15, 0.2) is 53.4 Å². The summed E-state index contributed by atoms with van der Waals surface area (Å²) in [6.07, 6.45) is 2.49. The number of anilines is 1. The van der Waals surface area contributed by atoms with Crippen molar-refractivity contribution in [1.82, 2.24) is 9.62 Å².